The number of nitrogens with zero attached hydrogens (tertiary/aromatic N) is 1. The average molecular weight is 435 g/mol. The molecule has 2 N–H and O–H groups in total. The molecule has 168 valence electrons. The van der Waals surface area contributed by atoms with Gasteiger partial charge in [-0.2, -0.15) is 13.2 Å². The molecule has 1 amide bonds. The number of hydrogen-bond acceptors (Lipinski definition) is 3. The molecule has 31 heavy (non-hydrogen) atoms. The van der Waals surface area contributed by atoms with Crippen molar-refractivity contribution in [2.75, 3.05) is 31.6 Å². The zero-order valence-electron chi connectivity index (χ0n) is 17.4. The van der Waals surface area contributed by atoms with Gasteiger partial charge in [0.1, 0.15) is 5.75 Å². The highest BCUT2D eigenvalue weighted by Gasteiger charge is 2.43. The van der Waals surface area contributed by atoms with Crippen molar-refractivity contribution < 1.29 is 22.7 Å². The number of halogens is 3. The van der Waals surface area contributed by atoms with Crippen LogP contribution < -0.4 is 10.1 Å². The van der Waals surface area contributed by atoms with Crippen molar-refractivity contribution in [1.82, 2.24) is 9.88 Å². The van der Waals surface area contributed by atoms with Crippen LogP contribution in [0, 0.1) is 23.7 Å². The first-order valence-corrected chi connectivity index (χ1v) is 11.2. The molecule has 5 rings (SSSR count). The summed E-state index contributed by atoms with van der Waals surface area (Å²) < 4.78 is 43.8. The molecule has 0 spiro atoms. The summed E-state index contributed by atoms with van der Waals surface area (Å²) in [5, 5.41) is 3.93. The standard InChI is InChI=1S/C23H28F3N3O2/c24-23(25,26)13-29-11-16-7-14(8-17(16)12-29)5-6-31-18-3-4-20-19(9-18)21(10-27-20)28-22(30)15-1-2-15/h3-4,9-10,14-17,27H,1-2,5-8,11-13H2,(H,28,30)/t14?,16-,17?/m0/s1. The lowest BCUT2D eigenvalue weighted by Crippen LogP contribution is -2.33. The van der Waals surface area contributed by atoms with Crippen LogP contribution in [0.1, 0.15) is 32.1 Å². The third-order valence-electron chi connectivity index (χ3n) is 6.98. The van der Waals surface area contributed by atoms with Crippen LogP contribution in [0.4, 0.5) is 18.9 Å². The van der Waals surface area contributed by atoms with Crippen LogP contribution in [0.2, 0.25) is 0 Å². The minimum Gasteiger partial charge on any atom is -0.494 e. The number of H-pyrrole nitrogens is 1. The number of likely N-dealkylation sites (tertiary alicyclic amines) is 1. The number of carbonyl (C=O) groups is 1. The zero-order valence-corrected chi connectivity index (χ0v) is 17.4. The number of anilines is 1. The van der Waals surface area contributed by atoms with Crippen LogP contribution in [0.5, 0.6) is 5.75 Å². The van der Waals surface area contributed by atoms with Crippen LogP contribution in [-0.2, 0) is 4.79 Å². The summed E-state index contributed by atoms with van der Waals surface area (Å²) in [4.78, 5) is 16.8. The Kier molecular flexibility index (Phi) is 5.36. The van der Waals surface area contributed by atoms with E-state index in [2.05, 4.69) is 10.3 Å². The molecule has 1 aliphatic heterocycles. The van der Waals surface area contributed by atoms with Crippen LogP contribution in [0.3, 0.4) is 0 Å². The SMILES string of the molecule is O=C(Nc1c[nH]c2ccc(OCCC3CC4CN(CC(F)(F)F)C[C@@H]4C3)cc12)C1CC1. The molecule has 8 heteroatoms. The van der Waals surface area contributed by atoms with Crippen LogP contribution in [-0.4, -0.2) is 48.2 Å². The number of hydrogen-bond donors (Lipinski definition) is 2. The summed E-state index contributed by atoms with van der Waals surface area (Å²) in [6.07, 6.45) is 2.55. The molecule has 2 saturated carbocycles. The first-order chi connectivity index (χ1) is 14.8. The van der Waals surface area contributed by atoms with Crippen molar-refractivity contribution in [3.63, 3.8) is 0 Å². The van der Waals surface area contributed by atoms with E-state index < -0.39 is 12.7 Å². The van der Waals surface area contributed by atoms with E-state index >= 15 is 0 Å². The fourth-order valence-corrected chi connectivity index (χ4v) is 5.36. The van der Waals surface area contributed by atoms with Crippen molar-refractivity contribution in [3.8, 4) is 5.75 Å². The number of aromatic amines is 1. The van der Waals surface area contributed by atoms with Gasteiger partial charge in [-0.1, -0.05) is 0 Å². The maximum Gasteiger partial charge on any atom is 0.401 e. The van der Waals surface area contributed by atoms with E-state index in [1.54, 1.807) is 4.90 Å². The molecular formula is C23H28F3N3O2. The summed E-state index contributed by atoms with van der Waals surface area (Å²) in [5.41, 5.74) is 1.73. The summed E-state index contributed by atoms with van der Waals surface area (Å²) in [6, 6.07) is 5.82. The molecule has 0 bridgehead atoms. The van der Waals surface area contributed by atoms with E-state index in [-0.39, 0.29) is 11.8 Å². The molecule has 3 fully saturated rings. The van der Waals surface area contributed by atoms with E-state index in [1.807, 2.05) is 24.4 Å². The molecule has 3 aliphatic rings. The summed E-state index contributed by atoms with van der Waals surface area (Å²) in [7, 11) is 0. The van der Waals surface area contributed by atoms with Gasteiger partial charge in [0.2, 0.25) is 5.91 Å². The molecule has 2 aliphatic carbocycles. The number of carbonyl (C=O) groups excluding carboxylic acids is 1. The van der Waals surface area contributed by atoms with E-state index in [0.29, 0.717) is 37.5 Å². The molecule has 1 saturated heterocycles. The maximum atomic E-state index is 12.6. The van der Waals surface area contributed by atoms with Crippen LogP contribution >= 0.6 is 0 Å². The van der Waals surface area contributed by atoms with E-state index in [1.165, 1.54) is 0 Å². The number of fused-ring (bicyclic) bond motifs is 2. The highest BCUT2D eigenvalue weighted by Crippen LogP contribution is 2.43. The van der Waals surface area contributed by atoms with E-state index in [0.717, 1.165) is 54.4 Å². The van der Waals surface area contributed by atoms with Gasteiger partial charge < -0.3 is 15.0 Å². The Labute approximate surface area is 179 Å². The van der Waals surface area contributed by atoms with Crippen molar-refractivity contribution >= 4 is 22.5 Å². The highest BCUT2D eigenvalue weighted by molar-refractivity contribution is 6.03. The highest BCUT2D eigenvalue weighted by atomic mass is 19.4. The predicted molar refractivity (Wildman–Crippen MR) is 112 cm³/mol. The summed E-state index contributed by atoms with van der Waals surface area (Å²) in [5.74, 6) is 2.29. The van der Waals surface area contributed by atoms with Gasteiger partial charge in [0.15, 0.2) is 0 Å². The van der Waals surface area contributed by atoms with Gasteiger partial charge >= 0.3 is 6.18 Å². The minimum atomic E-state index is -4.10. The Hall–Kier alpha value is -2.22. The second kappa shape index (κ2) is 8.04. The molecule has 3 atom stereocenters. The van der Waals surface area contributed by atoms with Gasteiger partial charge in [-0.15, -0.1) is 0 Å². The first kappa shape index (κ1) is 20.7. The third-order valence-corrected chi connectivity index (χ3v) is 6.98. The molecule has 2 heterocycles. The second-order valence-corrected chi connectivity index (χ2v) is 9.48. The lowest BCUT2D eigenvalue weighted by molar-refractivity contribution is -0.144. The van der Waals surface area contributed by atoms with E-state index in [9.17, 15) is 18.0 Å². The number of aromatic nitrogens is 1. The Morgan fingerprint density at radius 1 is 1.19 bits per heavy atom. The molecule has 0 radical (unpaired) electrons. The Bertz CT molecular complexity index is 939. The lowest BCUT2D eigenvalue weighted by atomic mass is 10.0. The van der Waals surface area contributed by atoms with E-state index in [4.69, 9.17) is 4.74 Å². The Balaban J connectivity index is 1.11. The average Bonchev–Trinajstić information content (AvgIpc) is 3.25. The summed E-state index contributed by atoms with van der Waals surface area (Å²) in [6.45, 7) is 0.955. The number of alkyl halides is 3. The molecule has 1 aromatic carbocycles. The largest absolute Gasteiger partial charge is 0.494 e. The van der Waals surface area contributed by atoms with Crippen molar-refractivity contribution in [2.24, 2.45) is 23.7 Å². The second-order valence-electron chi connectivity index (χ2n) is 9.48. The molecule has 1 aromatic heterocycles. The van der Waals surface area contributed by atoms with Crippen molar-refractivity contribution in [3.05, 3.63) is 24.4 Å². The predicted octanol–water partition coefficient (Wildman–Crippen LogP) is 4.81. The zero-order chi connectivity index (χ0) is 21.6. The van der Waals surface area contributed by atoms with Gasteiger partial charge in [0, 0.05) is 36.1 Å². The van der Waals surface area contributed by atoms with Crippen molar-refractivity contribution in [1.29, 1.82) is 0 Å². The van der Waals surface area contributed by atoms with Crippen LogP contribution in [0.15, 0.2) is 24.4 Å². The number of nitrogens with one attached hydrogen (secondary N) is 2. The smallest absolute Gasteiger partial charge is 0.401 e. The quantitative estimate of drug-likeness (QED) is 0.657. The minimum absolute atomic E-state index is 0.0767. The fourth-order valence-electron chi connectivity index (χ4n) is 5.36. The first-order valence-electron chi connectivity index (χ1n) is 11.2. The third kappa shape index (κ3) is 4.84. The lowest BCUT2D eigenvalue weighted by Gasteiger charge is -2.20. The van der Waals surface area contributed by atoms with Gasteiger partial charge in [-0.25, -0.2) is 0 Å². The monoisotopic (exact) mass is 435 g/mol. The molecule has 2 unspecified atom stereocenters. The molecule has 5 nitrogen and oxygen atoms in total. The Morgan fingerprint density at radius 3 is 2.61 bits per heavy atom. The van der Waals surface area contributed by atoms with Crippen LogP contribution in [0.25, 0.3) is 10.9 Å². The maximum absolute atomic E-state index is 12.6. The van der Waals surface area contributed by atoms with Gasteiger partial charge in [-0.3, -0.25) is 9.69 Å². The number of rotatable bonds is 7. The summed E-state index contributed by atoms with van der Waals surface area (Å²) >= 11 is 0. The van der Waals surface area contributed by atoms with Crippen molar-refractivity contribution in [2.45, 2.75) is 38.3 Å². The number of benzene rings is 1. The van der Waals surface area contributed by atoms with Gasteiger partial charge in [0.25, 0.3) is 0 Å². The number of amides is 1. The van der Waals surface area contributed by atoms with Gasteiger partial charge in [0.05, 0.1) is 18.8 Å². The fraction of sp³-hybridized carbons (Fsp3) is 0.609. The Morgan fingerprint density at radius 2 is 1.94 bits per heavy atom. The molecular weight excluding hydrogens is 407 g/mol. The number of ether oxygens (including phenoxy) is 1. The molecule has 2 aromatic rings. The normalized spacial score (nSPS) is 26.4. The van der Waals surface area contributed by atoms with Gasteiger partial charge in [-0.05, 0) is 68.1 Å². The topological polar surface area (TPSA) is 57.4 Å².